The molecule has 1 fully saturated rings. The van der Waals surface area contributed by atoms with Gasteiger partial charge in [-0.3, -0.25) is 4.79 Å². The van der Waals surface area contributed by atoms with Crippen LogP contribution >= 0.6 is 11.3 Å². The number of hydrogen-bond donors (Lipinski definition) is 2. The molecule has 0 bridgehead atoms. The zero-order chi connectivity index (χ0) is 13.8. The van der Waals surface area contributed by atoms with Crippen molar-refractivity contribution in [1.29, 1.82) is 0 Å². The first-order valence-corrected chi connectivity index (χ1v) is 7.03. The normalized spacial score (nSPS) is 22.7. The molecular formula is C12H16F2N2O2S. The Morgan fingerprint density at radius 3 is 3.05 bits per heavy atom. The van der Waals surface area contributed by atoms with Gasteiger partial charge in [-0.2, -0.15) is 8.78 Å². The first-order chi connectivity index (χ1) is 9.11. The van der Waals surface area contributed by atoms with E-state index in [4.69, 9.17) is 5.73 Å². The SMILES string of the molecule is NCC1CCCC1NC(=O)c1sccc1OC(F)F. The minimum absolute atomic E-state index is 0.0269. The molecule has 0 saturated heterocycles. The van der Waals surface area contributed by atoms with Crippen LogP contribution in [0.4, 0.5) is 8.78 Å². The first kappa shape index (κ1) is 14.2. The Morgan fingerprint density at radius 1 is 1.58 bits per heavy atom. The van der Waals surface area contributed by atoms with Crippen molar-refractivity contribution in [1.82, 2.24) is 5.32 Å². The van der Waals surface area contributed by atoms with Gasteiger partial charge >= 0.3 is 6.61 Å². The van der Waals surface area contributed by atoms with E-state index in [1.54, 1.807) is 5.38 Å². The van der Waals surface area contributed by atoms with Gasteiger partial charge in [0.2, 0.25) is 0 Å². The summed E-state index contributed by atoms with van der Waals surface area (Å²) < 4.78 is 28.7. The van der Waals surface area contributed by atoms with Crippen LogP contribution in [0.25, 0.3) is 0 Å². The van der Waals surface area contributed by atoms with Gasteiger partial charge in [-0.1, -0.05) is 6.42 Å². The summed E-state index contributed by atoms with van der Waals surface area (Å²) in [6.45, 7) is -2.40. The van der Waals surface area contributed by atoms with E-state index in [0.29, 0.717) is 6.54 Å². The molecule has 0 aromatic carbocycles. The minimum Gasteiger partial charge on any atom is -0.433 e. The van der Waals surface area contributed by atoms with Crippen molar-refractivity contribution in [2.45, 2.75) is 31.9 Å². The van der Waals surface area contributed by atoms with Crippen LogP contribution in [0.5, 0.6) is 5.75 Å². The molecule has 0 aliphatic heterocycles. The van der Waals surface area contributed by atoms with E-state index >= 15 is 0 Å². The van der Waals surface area contributed by atoms with Crippen LogP contribution < -0.4 is 15.8 Å². The number of alkyl halides is 2. The number of rotatable bonds is 5. The second-order valence-electron chi connectivity index (χ2n) is 4.50. The summed E-state index contributed by atoms with van der Waals surface area (Å²) in [4.78, 5) is 12.2. The summed E-state index contributed by atoms with van der Waals surface area (Å²) in [5.74, 6) is -0.167. The smallest absolute Gasteiger partial charge is 0.387 e. The Bertz CT molecular complexity index is 439. The largest absolute Gasteiger partial charge is 0.433 e. The van der Waals surface area contributed by atoms with E-state index < -0.39 is 6.61 Å². The van der Waals surface area contributed by atoms with E-state index in [1.165, 1.54) is 6.07 Å². The van der Waals surface area contributed by atoms with Gasteiger partial charge in [0.25, 0.3) is 5.91 Å². The van der Waals surface area contributed by atoms with Crippen LogP contribution in [0.1, 0.15) is 28.9 Å². The van der Waals surface area contributed by atoms with Gasteiger partial charge in [-0.25, -0.2) is 0 Å². The number of carbonyl (C=O) groups excluding carboxylic acids is 1. The number of nitrogens with one attached hydrogen (secondary N) is 1. The molecule has 1 aromatic heterocycles. The number of nitrogens with two attached hydrogens (primary N) is 1. The summed E-state index contributed by atoms with van der Waals surface area (Å²) >= 11 is 1.09. The molecule has 1 aromatic rings. The number of ether oxygens (including phenoxy) is 1. The monoisotopic (exact) mass is 290 g/mol. The Morgan fingerprint density at radius 2 is 2.37 bits per heavy atom. The van der Waals surface area contributed by atoms with Gasteiger partial charge in [0, 0.05) is 6.04 Å². The lowest BCUT2D eigenvalue weighted by atomic mass is 10.0. The maximum atomic E-state index is 12.2. The number of hydrogen-bond acceptors (Lipinski definition) is 4. The number of amides is 1. The van der Waals surface area contributed by atoms with Crippen molar-refractivity contribution in [2.24, 2.45) is 11.7 Å². The Kier molecular flexibility index (Phi) is 4.71. The van der Waals surface area contributed by atoms with Crippen LogP contribution in [0.2, 0.25) is 0 Å². The van der Waals surface area contributed by atoms with Crippen molar-refractivity contribution < 1.29 is 18.3 Å². The van der Waals surface area contributed by atoms with E-state index in [9.17, 15) is 13.6 Å². The fraction of sp³-hybridized carbons (Fsp3) is 0.583. The highest BCUT2D eigenvalue weighted by molar-refractivity contribution is 7.12. The van der Waals surface area contributed by atoms with Crippen LogP contribution in [0, 0.1) is 5.92 Å². The molecule has 1 amide bonds. The summed E-state index contributed by atoms with van der Waals surface area (Å²) in [5.41, 5.74) is 5.64. The van der Waals surface area contributed by atoms with Crippen LogP contribution in [0.3, 0.4) is 0 Å². The zero-order valence-electron chi connectivity index (χ0n) is 10.3. The molecule has 7 heteroatoms. The van der Waals surface area contributed by atoms with Crippen molar-refractivity contribution in [3.63, 3.8) is 0 Å². The Balaban J connectivity index is 2.01. The predicted octanol–water partition coefficient (Wildman–Crippen LogP) is 2.21. The second kappa shape index (κ2) is 6.29. The highest BCUT2D eigenvalue weighted by Crippen LogP contribution is 2.29. The summed E-state index contributed by atoms with van der Waals surface area (Å²) in [7, 11) is 0. The van der Waals surface area contributed by atoms with Crippen molar-refractivity contribution >= 4 is 17.2 Å². The number of carbonyl (C=O) groups is 1. The van der Waals surface area contributed by atoms with Gasteiger partial charge in [-0.05, 0) is 36.8 Å². The fourth-order valence-electron chi connectivity index (χ4n) is 2.39. The lowest BCUT2D eigenvalue weighted by Crippen LogP contribution is -2.39. The van der Waals surface area contributed by atoms with E-state index in [0.717, 1.165) is 30.6 Å². The van der Waals surface area contributed by atoms with Crippen LogP contribution in [-0.4, -0.2) is 25.1 Å². The predicted molar refractivity (Wildman–Crippen MR) is 68.6 cm³/mol. The maximum Gasteiger partial charge on any atom is 0.387 e. The highest BCUT2D eigenvalue weighted by Gasteiger charge is 2.29. The third-order valence-electron chi connectivity index (χ3n) is 3.33. The standard InChI is InChI=1S/C12H16F2N2O2S/c13-12(14)18-9-4-5-19-10(9)11(17)16-8-3-1-2-7(8)6-15/h4-5,7-8,12H,1-3,6,15H2,(H,16,17). The summed E-state index contributed by atoms with van der Waals surface area (Å²) in [6, 6.07) is 1.40. The average Bonchev–Trinajstić information content (AvgIpc) is 2.97. The van der Waals surface area contributed by atoms with Gasteiger partial charge in [0.05, 0.1) is 0 Å². The molecule has 1 heterocycles. The molecule has 4 nitrogen and oxygen atoms in total. The lowest BCUT2D eigenvalue weighted by molar-refractivity contribution is -0.0498. The van der Waals surface area contributed by atoms with Crippen LogP contribution in [0.15, 0.2) is 11.4 Å². The topological polar surface area (TPSA) is 64.3 Å². The number of halogens is 2. The van der Waals surface area contributed by atoms with Crippen molar-refractivity contribution in [3.05, 3.63) is 16.3 Å². The third-order valence-corrected chi connectivity index (χ3v) is 4.22. The van der Waals surface area contributed by atoms with Gasteiger partial charge in [0.1, 0.15) is 10.6 Å². The first-order valence-electron chi connectivity index (χ1n) is 6.15. The second-order valence-corrected chi connectivity index (χ2v) is 5.42. The maximum absolute atomic E-state index is 12.2. The lowest BCUT2D eigenvalue weighted by Gasteiger charge is -2.19. The summed E-state index contributed by atoms with van der Waals surface area (Å²) in [6.07, 6.45) is 2.90. The molecule has 1 aliphatic carbocycles. The highest BCUT2D eigenvalue weighted by atomic mass is 32.1. The van der Waals surface area contributed by atoms with Gasteiger partial charge < -0.3 is 15.8 Å². The van der Waals surface area contributed by atoms with Crippen molar-refractivity contribution in [2.75, 3.05) is 6.54 Å². The molecule has 106 valence electrons. The quantitative estimate of drug-likeness (QED) is 0.874. The Hall–Kier alpha value is -1.21. The van der Waals surface area contributed by atoms with Crippen LogP contribution in [-0.2, 0) is 0 Å². The molecule has 0 radical (unpaired) electrons. The molecular weight excluding hydrogens is 274 g/mol. The molecule has 1 aliphatic rings. The third kappa shape index (κ3) is 3.42. The molecule has 2 atom stereocenters. The van der Waals surface area contributed by atoms with E-state index in [-0.39, 0.29) is 28.5 Å². The molecule has 2 rings (SSSR count). The molecule has 19 heavy (non-hydrogen) atoms. The zero-order valence-corrected chi connectivity index (χ0v) is 11.1. The average molecular weight is 290 g/mol. The summed E-state index contributed by atoms with van der Waals surface area (Å²) in [5, 5.41) is 4.42. The van der Waals surface area contributed by atoms with E-state index in [1.807, 2.05) is 0 Å². The molecule has 1 saturated carbocycles. The molecule has 3 N–H and O–H groups in total. The van der Waals surface area contributed by atoms with Gasteiger partial charge in [-0.15, -0.1) is 11.3 Å². The molecule has 0 spiro atoms. The minimum atomic E-state index is -2.93. The van der Waals surface area contributed by atoms with E-state index in [2.05, 4.69) is 10.1 Å². The Labute approximate surface area is 113 Å². The fourth-order valence-corrected chi connectivity index (χ4v) is 3.12. The molecule has 2 unspecified atom stereocenters. The number of thiophene rings is 1. The van der Waals surface area contributed by atoms with Crippen molar-refractivity contribution in [3.8, 4) is 5.75 Å². The van der Waals surface area contributed by atoms with Gasteiger partial charge in [0.15, 0.2) is 0 Å².